The van der Waals surface area contributed by atoms with Gasteiger partial charge in [-0.1, -0.05) is 58.0 Å². The number of rotatable bonds is 15. The van der Waals surface area contributed by atoms with Crippen molar-refractivity contribution in [3.8, 4) is 12.3 Å². The van der Waals surface area contributed by atoms with Crippen molar-refractivity contribution >= 4 is 23.8 Å². The zero-order chi connectivity index (χ0) is 34.0. The van der Waals surface area contributed by atoms with E-state index < -0.39 is 70.6 Å². The SMILES string of the molecule is C#CCCC[C@@H](OC(=O)[C@](OC)(c1ccccc1)C(F)(F)F)C(C)(C)C(=O)N[C@H](C(=O)N(C)[C@@H](C(=O)OC)C(C)C)C(C)C. The third-order valence-electron chi connectivity index (χ3n) is 7.66. The molecule has 2 amide bonds. The van der Waals surface area contributed by atoms with Crippen molar-refractivity contribution in [2.75, 3.05) is 21.3 Å². The van der Waals surface area contributed by atoms with Gasteiger partial charge in [0.2, 0.25) is 11.8 Å². The highest BCUT2D eigenvalue weighted by Crippen LogP contribution is 2.44. The molecule has 12 heteroatoms. The number of amides is 2. The molecule has 44 heavy (non-hydrogen) atoms. The van der Waals surface area contributed by atoms with Gasteiger partial charge in [0.1, 0.15) is 18.2 Å². The fraction of sp³-hybridized carbons (Fsp3) is 0.625. The van der Waals surface area contributed by atoms with Gasteiger partial charge in [0.15, 0.2) is 0 Å². The fourth-order valence-electron chi connectivity index (χ4n) is 4.90. The Morgan fingerprint density at radius 2 is 1.57 bits per heavy atom. The zero-order valence-corrected chi connectivity index (χ0v) is 26.9. The van der Waals surface area contributed by atoms with Crippen LogP contribution in [0.1, 0.15) is 66.4 Å². The van der Waals surface area contributed by atoms with Gasteiger partial charge in [0.05, 0.1) is 12.5 Å². The van der Waals surface area contributed by atoms with E-state index in [2.05, 4.69) is 11.2 Å². The van der Waals surface area contributed by atoms with Crippen molar-refractivity contribution in [1.82, 2.24) is 10.2 Å². The summed E-state index contributed by atoms with van der Waals surface area (Å²) in [5, 5.41) is 2.68. The minimum atomic E-state index is -5.22. The van der Waals surface area contributed by atoms with E-state index in [0.29, 0.717) is 0 Å². The van der Waals surface area contributed by atoms with E-state index in [1.165, 1.54) is 51.1 Å². The molecule has 1 aromatic rings. The summed E-state index contributed by atoms with van der Waals surface area (Å²) in [5.74, 6) is -2.06. The normalized spacial score (nSPS) is 15.4. The number of alkyl halides is 3. The van der Waals surface area contributed by atoms with E-state index in [4.69, 9.17) is 20.6 Å². The van der Waals surface area contributed by atoms with Crippen LogP contribution < -0.4 is 5.32 Å². The molecule has 0 aliphatic rings. The Morgan fingerprint density at radius 3 is 2.00 bits per heavy atom. The van der Waals surface area contributed by atoms with Crippen LogP contribution >= 0.6 is 0 Å². The van der Waals surface area contributed by atoms with E-state index in [-0.39, 0.29) is 25.2 Å². The summed E-state index contributed by atoms with van der Waals surface area (Å²) in [5.41, 5.74) is -5.61. The number of terminal acetylenes is 1. The lowest BCUT2D eigenvalue weighted by Gasteiger charge is -2.39. The first kappa shape index (κ1) is 38.4. The van der Waals surface area contributed by atoms with Gasteiger partial charge in [0.25, 0.3) is 5.60 Å². The third-order valence-corrected chi connectivity index (χ3v) is 7.66. The zero-order valence-electron chi connectivity index (χ0n) is 26.9. The number of halogens is 3. The number of hydrogen-bond acceptors (Lipinski definition) is 7. The van der Waals surface area contributed by atoms with Gasteiger partial charge in [-0.3, -0.25) is 9.59 Å². The van der Waals surface area contributed by atoms with Crippen molar-refractivity contribution in [2.45, 2.75) is 90.8 Å². The quantitative estimate of drug-likeness (QED) is 0.172. The molecule has 1 aromatic carbocycles. The maximum Gasteiger partial charge on any atom is 0.432 e. The maximum absolute atomic E-state index is 14.5. The number of methoxy groups -OCH3 is 2. The van der Waals surface area contributed by atoms with Gasteiger partial charge in [-0.25, -0.2) is 9.59 Å². The number of unbranched alkanes of at least 4 members (excludes halogenated alkanes) is 1. The molecule has 246 valence electrons. The number of nitrogens with zero attached hydrogens (tertiary/aromatic N) is 1. The monoisotopic (exact) mass is 626 g/mol. The second kappa shape index (κ2) is 15.9. The number of esters is 2. The fourth-order valence-corrected chi connectivity index (χ4v) is 4.90. The van der Waals surface area contributed by atoms with E-state index >= 15 is 0 Å². The Bertz CT molecular complexity index is 1180. The second-order valence-corrected chi connectivity index (χ2v) is 11.8. The summed E-state index contributed by atoms with van der Waals surface area (Å²) in [6.45, 7) is 9.65. The molecule has 0 radical (unpaired) electrons. The minimum Gasteiger partial charge on any atom is -0.467 e. The number of hydrogen-bond donors (Lipinski definition) is 1. The standard InChI is InChI=1S/C32H45F3N2O7/c1-11-12-14-19-23(44-29(41)31(43-10,32(33,34)35)22-17-15-13-16-18-22)30(6,7)28(40)36-24(20(2)3)26(38)37(8)25(21(4)5)27(39)42-9/h1,13,15-18,20-21,23-25H,12,14,19H2,2-10H3,(H,36,40)/t23-,24+,25-,31-/m1/s1. The Kier molecular flexibility index (Phi) is 13.9. The van der Waals surface area contributed by atoms with Crippen LogP contribution in [0.2, 0.25) is 0 Å². The van der Waals surface area contributed by atoms with Crippen LogP contribution in [0.3, 0.4) is 0 Å². The Hall–Kier alpha value is -3.59. The predicted molar refractivity (Wildman–Crippen MR) is 158 cm³/mol. The molecule has 0 saturated carbocycles. The van der Waals surface area contributed by atoms with Crippen LogP contribution in [0.25, 0.3) is 0 Å². The highest BCUT2D eigenvalue weighted by Gasteiger charge is 2.64. The smallest absolute Gasteiger partial charge is 0.432 e. The molecule has 0 aliphatic carbocycles. The molecule has 0 spiro atoms. The lowest BCUT2D eigenvalue weighted by atomic mass is 9.81. The second-order valence-electron chi connectivity index (χ2n) is 11.8. The predicted octanol–water partition coefficient (Wildman–Crippen LogP) is 4.63. The molecule has 0 aromatic heterocycles. The van der Waals surface area contributed by atoms with Crippen molar-refractivity contribution in [3.05, 3.63) is 35.9 Å². The Balaban J connectivity index is 3.49. The molecule has 1 N–H and O–H groups in total. The Morgan fingerprint density at radius 1 is 1.00 bits per heavy atom. The summed E-state index contributed by atoms with van der Waals surface area (Å²) in [6.07, 6.45) is -0.871. The van der Waals surface area contributed by atoms with Crippen LogP contribution in [0.15, 0.2) is 30.3 Å². The van der Waals surface area contributed by atoms with E-state index in [9.17, 15) is 32.3 Å². The molecule has 0 saturated heterocycles. The molecular formula is C32H45F3N2O7. The molecule has 0 bridgehead atoms. The number of carbonyl (C=O) groups is 4. The molecule has 0 heterocycles. The largest absolute Gasteiger partial charge is 0.467 e. The first-order valence-corrected chi connectivity index (χ1v) is 14.3. The van der Waals surface area contributed by atoms with Crippen LogP contribution in [0.4, 0.5) is 13.2 Å². The molecule has 1 rings (SSSR count). The summed E-state index contributed by atoms with van der Waals surface area (Å²) < 4.78 is 58.9. The molecule has 0 unspecified atom stereocenters. The molecular weight excluding hydrogens is 581 g/mol. The van der Waals surface area contributed by atoms with Gasteiger partial charge >= 0.3 is 18.1 Å². The van der Waals surface area contributed by atoms with Crippen LogP contribution in [-0.2, 0) is 39.0 Å². The minimum absolute atomic E-state index is 0.0548. The van der Waals surface area contributed by atoms with Crippen LogP contribution in [0.5, 0.6) is 0 Å². The first-order valence-electron chi connectivity index (χ1n) is 14.3. The average Bonchev–Trinajstić information content (AvgIpc) is 2.94. The van der Waals surface area contributed by atoms with Crippen LogP contribution in [0, 0.1) is 29.6 Å². The van der Waals surface area contributed by atoms with E-state index in [1.54, 1.807) is 27.7 Å². The average molecular weight is 627 g/mol. The number of nitrogens with one attached hydrogen (secondary N) is 1. The first-order chi connectivity index (χ1) is 20.3. The third kappa shape index (κ3) is 8.52. The lowest BCUT2D eigenvalue weighted by Crippen LogP contribution is -2.59. The van der Waals surface area contributed by atoms with Crippen molar-refractivity contribution in [3.63, 3.8) is 0 Å². The van der Waals surface area contributed by atoms with Gasteiger partial charge in [-0.2, -0.15) is 13.2 Å². The topological polar surface area (TPSA) is 111 Å². The molecule has 0 aliphatic heterocycles. The van der Waals surface area contributed by atoms with E-state index in [0.717, 1.165) is 19.2 Å². The molecule has 9 nitrogen and oxygen atoms in total. The highest BCUT2D eigenvalue weighted by molar-refractivity contribution is 5.92. The number of likely N-dealkylation sites (N-methyl/N-ethyl adjacent to an activating group) is 1. The number of benzene rings is 1. The summed E-state index contributed by atoms with van der Waals surface area (Å²) in [4.78, 5) is 54.4. The van der Waals surface area contributed by atoms with Gasteiger partial charge in [-0.05, 0) is 38.5 Å². The summed E-state index contributed by atoms with van der Waals surface area (Å²) in [7, 11) is 3.38. The van der Waals surface area contributed by atoms with Crippen molar-refractivity contribution < 1.29 is 46.6 Å². The van der Waals surface area contributed by atoms with Gasteiger partial charge in [-0.15, -0.1) is 12.3 Å². The summed E-state index contributed by atoms with van der Waals surface area (Å²) in [6, 6.07) is 4.27. The van der Waals surface area contributed by atoms with Crippen LogP contribution in [-0.4, -0.2) is 74.3 Å². The van der Waals surface area contributed by atoms with Gasteiger partial charge < -0.3 is 24.4 Å². The van der Waals surface area contributed by atoms with Gasteiger partial charge in [0, 0.05) is 26.1 Å². The molecule has 0 fully saturated rings. The maximum atomic E-state index is 14.5. The summed E-state index contributed by atoms with van der Waals surface area (Å²) >= 11 is 0. The number of ether oxygens (including phenoxy) is 3. The van der Waals surface area contributed by atoms with Crippen molar-refractivity contribution in [1.29, 1.82) is 0 Å². The van der Waals surface area contributed by atoms with Crippen molar-refractivity contribution in [2.24, 2.45) is 17.3 Å². The van der Waals surface area contributed by atoms with E-state index in [1.807, 2.05) is 0 Å². The highest BCUT2D eigenvalue weighted by atomic mass is 19.4. The number of carbonyl (C=O) groups excluding carboxylic acids is 4. The lowest BCUT2D eigenvalue weighted by molar-refractivity contribution is -0.279. The Labute approximate surface area is 258 Å². The molecule has 4 atom stereocenters.